The minimum absolute atomic E-state index is 0.0401. The Morgan fingerprint density at radius 3 is 2.55 bits per heavy atom. The van der Waals surface area contributed by atoms with E-state index in [-0.39, 0.29) is 19.4 Å². The van der Waals surface area contributed by atoms with Gasteiger partial charge in [0.15, 0.2) is 17.7 Å². The fourth-order valence-electron chi connectivity index (χ4n) is 1.89. The van der Waals surface area contributed by atoms with Gasteiger partial charge in [-0.3, -0.25) is 4.79 Å². The van der Waals surface area contributed by atoms with Crippen molar-refractivity contribution in [1.29, 1.82) is 0 Å². The molecule has 0 aliphatic heterocycles. The third-order valence-corrected chi connectivity index (χ3v) is 2.95. The summed E-state index contributed by atoms with van der Waals surface area (Å²) in [6.07, 6.45) is -4.31. The zero-order valence-corrected chi connectivity index (χ0v) is 11.8. The molecule has 118 valence electrons. The van der Waals surface area contributed by atoms with Crippen LogP contribution in [0.1, 0.15) is 28.2 Å². The minimum Gasteiger partial charge on any atom is -0.494 e. The summed E-state index contributed by atoms with van der Waals surface area (Å²) in [4.78, 5) is 10.6. The second-order valence-electron chi connectivity index (χ2n) is 4.68. The number of alkyl halides is 3. The van der Waals surface area contributed by atoms with Crippen molar-refractivity contribution in [3.63, 3.8) is 0 Å². The number of carbonyl (C=O) groups is 1. The lowest BCUT2D eigenvalue weighted by molar-refractivity contribution is -0.144. The molecule has 2 rings (SSSR count). The summed E-state index contributed by atoms with van der Waals surface area (Å²) in [7, 11) is 0. The van der Waals surface area contributed by atoms with Crippen LogP contribution in [0.25, 0.3) is 0 Å². The van der Waals surface area contributed by atoms with E-state index >= 15 is 0 Å². The molecular formula is C14H14F3N3O2. The number of nitrogens with zero attached hydrogens (tertiary/aromatic N) is 3. The molecule has 0 atom stereocenters. The molecule has 1 aromatic heterocycles. The molecule has 0 amide bonds. The van der Waals surface area contributed by atoms with Crippen LogP contribution in [0.2, 0.25) is 0 Å². The second-order valence-corrected chi connectivity index (χ2v) is 4.68. The molecule has 0 radical (unpaired) electrons. The summed E-state index contributed by atoms with van der Waals surface area (Å²) in [5.74, 6) is 0.647. The van der Waals surface area contributed by atoms with Crippen LogP contribution in [0.15, 0.2) is 24.3 Å². The number of halogens is 3. The first-order valence-corrected chi connectivity index (χ1v) is 6.57. The van der Waals surface area contributed by atoms with E-state index in [2.05, 4.69) is 10.3 Å². The molecule has 0 saturated heterocycles. The summed E-state index contributed by atoms with van der Waals surface area (Å²) in [6, 6.07) is 7.34. The number of aryl methyl sites for hydroxylation is 2. The van der Waals surface area contributed by atoms with Gasteiger partial charge in [0.1, 0.15) is 5.75 Å². The van der Waals surface area contributed by atoms with Crippen LogP contribution >= 0.6 is 0 Å². The number of ether oxygens (including phenoxy) is 1. The highest BCUT2D eigenvalue weighted by molar-refractivity contribution is 5.73. The van der Waals surface area contributed by atoms with E-state index in [0.29, 0.717) is 16.9 Å². The van der Waals surface area contributed by atoms with E-state index in [1.165, 1.54) is 0 Å². The third-order valence-electron chi connectivity index (χ3n) is 2.95. The van der Waals surface area contributed by atoms with E-state index in [0.717, 1.165) is 5.56 Å². The fraction of sp³-hybridized carbons (Fsp3) is 0.357. The lowest BCUT2D eigenvalue weighted by atomic mass is 10.2. The van der Waals surface area contributed by atoms with Crippen LogP contribution in [-0.2, 0) is 12.7 Å². The highest BCUT2D eigenvalue weighted by Crippen LogP contribution is 2.30. The zero-order valence-electron chi connectivity index (χ0n) is 11.8. The van der Waals surface area contributed by atoms with Crippen LogP contribution in [0.4, 0.5) is 13.2 Å². The first-order chi connectivity index (χ1) is 10.4. The summed E-state index contributed by atoms with van der Waals surface area (Å²) in [6.45, 7) is 2.13. The predicted octanol–water partition coefficient (Wildman–Crippen LogP) is 2.89. The van der Waals surface area contributed by atoms with Gasteiger partial charge in [-0.05, 0) is 19.1 Å². The predicted molar refractivity (Wildman–Crippen MR) is 71.7 cm³/mol. The van der Waals surface area contributed by atoms with Crippen molar-refractivity contribution in [2.45, 2.75) is 26.1 Å². The molecule has 1 aromatic carbocycles. The number of hydrogen-bond donors (Lipinski definition) is 0. The first-order valence-electron chi connectivity index (χ1n) is 6.57. The van der Waals surface area contributed by atoms with Crippen molar-refractivity contribution < 1.29 is 22.7 Å². The Labute approximate surface area is 124 Å². The monoisotopic (exact) mass is 313 g/mol. The molecular weight excluding hydrogens is 299 g/mol. The molecule has 0 bridgehead atoms. The maximum absolute atomic E-state index is 12.9. The molecule has 0 fully saturated rings. The molecule has 22 heavy (non-hydrogen) atoms. The minimum atomic E-state index is -4.67. The van der Waals surface area contributed by atoms with Gasteiger partial charge in [0.2, 0.25) is 0 Å². The number of aromatic nitrogens is 3. The van der Waals surface area contributed by atoms with Crippen LogP contribution in [-0.4, -0.2) is 27.9 Å². The van der Waals surface area contributed by atoms with E-state index in [9.17, 15) is 18.0 Å². The highest BCUT2D eigenvalue weighted by atomic mass is 19.4. The molecule has 5 nitrogen and oxygen atoms in total. The Morgan fingerprint density at radius 2 is 1.95 bits per heavy atom. The van der Waals surface area contributed by atoms with Gasteiger partial charge in [0, 0.05) is 13.0 Å². The standard InChI is InChI=1S/C14H14F3N3O2/c1-10-3-5-11(6-4-10)22-8-2-7-20-13(14(15,16)17)12(9-21)18-19-20/h3-6,9H,2,7-8H2,1H3. The van der Waals surface area contributed by atoms with Crippen molar-refractivity contribution >= 4 is 6.29 Å². The molecule has 0 unspecified atom stereocenters. The Bertz CT molecular complexity index is 636. The summed E-state index contributed by atoms with van der Waals surface area (Å²) in [5, 5.41) is 6.60. The molecule has 1 heterocycles. The van der Waals surface area contributed by atoms with Crippen LogP contribution < -0.4 is 4.74 Å². The Morgan fingerprint density at radius 1 is 1.27 bits per heavy atom. The molecule has 8 heteroatoms. The van der Waals surface area contributed by atoms with Crippen LogP contribution in [0.5, 0.6) is 5.75 Å². The Hall–Kier alpha value is -2.38. The quantitative estimate of drug-likeness (QED) is 0.608. The van der Waals surface area contributed by atoms with Gasteiger partial charge in [0.05, 0.1) is 6.61 Å². The van der Waals surface area contributed by atoms with Crippen LogP contribution in [0.3, 0.4) is 0 Å². The van der Waals surface area contributed by atoms with Gasteiger partial charge in [-0.1, -0.05) is 22.9 Å². The molecule has 0 N–H and O–H groups in total. The number of aldehydes is 1. The normalized spacial score (nSPS) is 11.5. The zero-order chi connectivity index (χ0) is 16.2. The maximum atomic E-state index is 12.9. The SMILES string of the molecule is Cc1ccc(OCCCn2nnc(C=O)c2C(F)(F)F)cc1. The van der Waals surface area contributed by atoms with E-state index < -0.39 is 17.6 Å². The average Bonchev–Trinajstić information content (AvgIpc) is 2.88. The van der Waals surface area contributed by atoms with Gasteiger partial charge < -0.3 is 4.74 Å². The lowest BCUT2D eigenvalue weighted by Crippen LogP contribution is -2.17. The fourth-order valence-corrected chi connectivity index (χ4v) is 1.89. The maximum Gasteiger partial charge on any atom is 0.435 e. The van der Waals surface area contributed by atoms with Crippen molar-refractivity contribution in [3.05, 3.63) is 41.2 Å². The van der Waals surface area contributed by atoms with Gasteiger partial charge in [-0.25, -0.2) is 4.68 Å². The van der Waals surface area contributed by atoms with Gasteiger partial charge in [-0.2, -0.15) is 13.2 Å². The number of rotatable bonds is 6. The number of hydrogen-bond acceptors (Lipinski definition) is 4. The largest absolute Gasteiger partial charge is 0.494 e. The van der Waals surface area contributed by atoms with Crippen molar-refractivity contribution in [3.8, 4) is 5.75 Å². The number of carbonyl (C=O) groups excluding carboxylic acids is 1. The van der Waals surface area contributed by atoms with Gasteiger partial charge in [0.25, 0.3) is 0 Å². The summed E-state index contributed by atoms with van der Waals surface area (Å²) in [5.41, 5.74) is -0.740. The molecule has 0 aliphatic rings. The van der Waals surface area contributed by atoms with Gasteiger partial charge >= 0.3 is 6.18 Å². The summed E-state index contributed by atoms with van der Waals surface area (Å²) >= 11 is 0. The third kappa shape index (κ3) is 3.84. The first kappa shape index (κ1) is 16.0. The Kier molecular flexibility index (Phi) is 4.79. The van der Waals surface area contributed by atoms with E-state index in [4.69, 9.17) is 4.74 Å². The molecule has 2 aromatic rings. The van der Waals surface area contributed by atoms with Gasteiger partial charge in [-0.15, -0.1) is 5.10 Å². The van der Waals surface area contributed by atoms with Crippen molar-refractivity contribution in [2.24, 2.45) is 0 Å². The van der Waals surface area contributed by atoms with Crippen molar-refractivity contribution in [2.75, 3.05) is 6.61 Å². The molecule has 0 spiro atoms. The second kappa shape index (κ2) is 6.59. The average molecular weight is 313 g/mol. The highest BCUT2D eigenvalue weighted by Gasteiger charge is 2.39. The smallest absolute Gasteiger partial charge is 0.435 e. The van der Waals surface area contributed by atoms with E-state index in [1.807, 2.05) is 19.1 Å². The van der Waals surface area contributed by atoms with E-state index in [1.54, 1.807) is 12.1 Å². The van der Waals surface area contributed by atoms with Crippen molar-refractivity contribution in [1.82, 2.24) is 15.0 Å². The van der Waals surface area contributed by atoms with Crippen LogP contribution in [0, 0.1) is 6.92 Å². The number of benzene rings is 1. The summed E-state index contributed by atoms with van der Waals surface area (Å²) < 4.78 is 44.7. The topological polar surface area (TPSA) is 57.0 Å². The lowest BCUT2D eigenvalue weighted by Gasteiger charge is -2.10. The molecule has 0 saturated carbocycles. The Balaban J connectivity index is 1.93. The molecule has 0 aliphatic carbocycles.